The zero-order valence-corrected chi connectivity index (χ0v) is 13.3. The number of hydrogen-bond acceptors (Lipinski definition) is 4. The number of aromatic nitrogens is 4. The van der Waals surface area contributed by atoms with Crippen molar-refractivity contribution in [1.29, 1.82) is 0 Å². The summed E-state index contributed by atoms with van der Waals surface area (Å²) in [6.07, 6.45) is 0. The number of aromatic amines is 1. The highest BCUT2D eigenvalue weighted by atomic mass is 79.9. The van der Waals surface area contributed by atoms with Crippen molar-refractivity contribution < 1.29 is 0 Å². The summed E-state index contributed by atoms with van der Waals surface area (Å²) in [6, 6.07) is 7.90. The zero-order valence-electron chi connectivity index (χ0n) is 11.7. The molecule has 0 atom stereocenters. The number of halogens is 1. The molecule has 0 unspecified atom stereocenters. The first-order valence-electron chi connectivity index (χ1n) is 6.79. The molecule has 0 saturated heterocycles. The topological polar surface area (TPSA) is 75.9 Å². The predicted molar refractivity (Wildman–Crippen MR) is 86.7 cm³/mol. The minimum atomic E-state index is -0.454. The number of rotatable bonds is 1. The number of fused-ring (bicyclic) bond motifs is 3. The van der Waals surface area contributed by atoms with Crippen molar-refractivity contribution in [3.8, 4) is 0 Å². The number of hydrogen-bond donors (Lipinski definition) is 1. The quantitative estimate of drug-likeness (QED) is 0.709. The lowest BCUT2D eigenvalue weighted by Gasteiger charge is -2.15. The third kappa shape index (κ3) is 1.77. The molecule has 1 aliphatic heterocycles. The second-order valence-corrected chi connectivity index (χ2v) is 6.10. The average Bonchev–Trinajstić information content (AvgIpc) is 3.05. The molecule has 4 rings (SSSR count). The molecule has 3 aromatic rings. The Morgan fingerprint density at radius 1 is 1.18 bits per heavy atom. The van der Waals surface area contributed by atoms with Gasteiger partial charge in [-0.3, -0.25) is 14.3 Å². The Kier molecular flexibility index (Phi) is 2.77. The molecule has 0 fully saturated rings. The van der Waals surface area contributed by atoms with Gasteiger partial charge in [-0.15, -0.1) is 0 Å². The molecule has 112 valence electrons. The van der Waals surface area contributed by atoms with E-state index in [2.05, 4.69) is 25.9 Å². The third-order valence-corrected chi connectivity index (χ3v) is 4.44. The molecule has 3 heterocycles. The van der Waals surface area contributed by atoms with E-state index >= 15 is 0 Å². The molecule has 1 aromatic carbocycles. The Morgan fingerprint density at radius 3 is 2.64 bits per heavy atom. The van der Waals surface area contributed by atoms with Gasteiger partial charge in [-0.05, 0) is 24.3 Å². The number of imidazole rings is 1. The molecule has 22 heavy (non-hydrogen) atoms. The number of anilines is 2. The fraction of sp³-hybridized carbons (Fsp3) is 0.214. The molecule has 0 saturated carbocycles. The normalized spacial score (nSPS) is 13.8. The van der Waals surface area contributed by atoms with E-state index in [4.69, 9.17) is 0 Å². The molecule has 0 bridgehead atoms. The highest BCUT2D eigenvalue weighted by Gasteiger charge is 2.27. The fourth-order valence-electron chi connectivity index (χ4n) is 2.81. The van der Waals surface area contributed by atoms with Crippen molar-refractivity contribution in [2.45, 2.75) is 6.54 Å². The molecule has 0 spiro atoms. The second kappa shape index (κ2) is 4.57. The van der Waals surface area contributed by atoms with Gasteiger partial charge < -0.3 is 9.47 Å². The third-order valence-electron chi connectivity index (χ3n) is 3.91. The highest BCUT2D eigenvalue weighted by Crippen LogP contribution is 2.31. The lowest BCUT2D eigenvalue weighted by molar-refractivity contribution is 0.797. The van der Waals surface area contributed by atoms with Gasteiger partial charge in [-0.2, -0.15) is 4.98 Å². The lowest BCUT2D eigenvalue weighted by atomic mass is 10.3. The summed E-state index contributed by atoms with van der Waals surface area (Å²) in [5.41, 5.74) is 1.000. The molecule has 0 aliphatic carbocycles. The van der Waals surface area contributed by atoms with Crippen LogP contribution < -0.4 is 16.1 Å². The summed E-state index contributed by atoms with van der Waals surface area (Å²) >= 11 is 3.42. The van der Waals surface area contributed by atoms with Crippen LogP contribution in [0.5, 0.6) is 0 Å². The maximum atomic E-state index is 12.1. The van der Waals surface area contributed by atoms with Crippen molar-refractivity contribution in [3.63, 3.8) is 0 Å². The van der Waals surface area contributed by atoms with Crippen molar-refractivity contribution in [2.24, 2.45) is 7.05 Å². The molecule has 7 nitrogen and oxygen atoms in total. The summed E-state index contributed by atoms with van der Waals surface area (Å²) in [5, 5.41) is 0. The molecule has 0 radical (unpaired) electrons. The van der Waals surface area contributed by atoms with Crippen LogP contribution >= 0.6 is 15.9 Å². The van der Waals surface area contributed by atoms with Gasteiger partial charge >= 0.3 is 5.69 Å². The summed E-state index contributed by atoms with van der Waals surface area (Å²) < 4.78 is 4.22. The van der Waals surface area contributed by atoms with Crippen molar-refractivity contribution in [2.75, 3.05) is 11.4 Å². The van der Waals surface area contributed by atoms with Gasteiger partial charge in [0.25, 0.3) is 5.56 Å². The summed E-state index contributed by atoms with van der Waals surface area (Å²) in [5.74, 6) is 0.684. The molecule has 1 aliphatic rings. The summed E-state index contributed by atoms with van der Waals surface area (Å²) in [7, 11) is 1.60. The molecule has 0 amide bonds. The van der Waals surface area contributed by atoms with Gasteiger partial charge in [-0.1, -0.05) is 15.9 Å². The lowest BCUT2D eigenvalue weighted by Crippen LogP contribution is -2.29. The standard InChI is InChI=1S/C14H12BrN5O2/c1-18-11-10(12(21)17-14(18)22)20-7-6-19(13(20)16-11)9-4-2-8(15)3-5-9/h2-5H,6-7H2,1H3,(H,17,21,22). The maximum absolute atomic E-state index is 12.1. The first-order chi connectivity index (χ1) is 10.6. The van der Waals surface area contributed by atoms with Gasteiger partial charge in [0.2, 0.25) is 5.95 Å². The van der Waals surface area contributed by atoms with Gasteiger partial charge in [0.1, 0.15) is 0 Å². The number of nitrogens with one attached hydrogen (secondary N) is 1. The van der Waals surface area contributed by atoms with Crippen LogP contribution in [-0.2, 0) is 13.6 Å². The summed E-state index contributed by atoms with van der Waals surface area (Å²) in [4.78, 5) is 32.7. The maximum Gasteiger partial charge on any atom is 0.329 e. The predicted octanol–water partition coefficient (Wildman–Crippen LogP) is 1.34. The Balaban J connectivity index is 1.96. The van der Waals surface area contributed by atoms with E-state index in [0.29, 0.717) is 23.7 Å². The minimum absolute atomic E-state index is 0.394. The van der Waals surface area contributed by atoms with E-state index in [-0.39, 0.29) is 0 Å². The van der Waals surface area contributed by atoms with Crippen molar-refractivity contribution in [1.82, 2.24) is 19.1 Å². The van der Waals surface area contributed by atoms with Crippen molar-refractivity contribution >= 4 is 38.7 Å². The molecule has 8 heteroatoms. The second-order valence-electron chi connectivity index (χ2n) is 5.18. The number of aryl methyl sites for hydroxylation is 1. The van der Waals surface area contributed by atoms with Crippen LogP contribution in [0.25, 0.3) is 11.2 Å². The van der Waals surface area contributed by atoms with Crippen molar-refractivity contribution in [3.05, 3.63) is 49.6 Å². The number of nitrogens with zero attached hydrogens (tertiary/aromatic N) is 4. The van der Waals surface area contributed by atoms with Gasteiger partial charge in [0, 0.05) is 30.3 Å². The van der Waals surface area contributed by atoms with E-state index in [1.807, 2.05) is 33.7 Å². The van der Waals surface area contributed by atoms with Crippen LogP contribution in [0, 0.1) is 0 Å². The minimum Gasteiger partial charge on any atom is -0.310 e. The first kappa shape index (κ1) is 13.3. The molecule has 2 aromatic heterocycles. The smallest absolute Gasteiger partial charge is 0.310 e. The molecular weight excluding hydrogens is 350 g/mol. The van der Waals surface area contributed by atoms with E-state index in [0.717, 1.165) is 16.7 Å². The van der Waals surface area contributed by atoms with Gasteiger partial charge in [0.15, 0.2) is 11.2 Å². The summed E-state index contributed by atoms with van der Waals surface area (Å²) in [6.45, 7) is 1.39. The highest BCUT2D eigenvalue weighted by molar-refractivity contribution is 9.10. The first-order valence-corrected chi connectivity index (χ1v) is 7.58. The van der Waals surface area contributed by atoms with Crippen LogP contribution in [-0.4, -0.2) is 25.6 Å². The Hall–Kier alpha value is -2.35. The van der Waals surface area contributed by atoms with Crippen LogP contribution in [0.3, 0.4) is 0 Å². The SMILES string of the molecule is Cn1c(=O)[nH]c(=O)c2c1nc1n2CCN1c1ccc(Br)cc1. The van der Waals surface area contributed by atoms with E-state index in [1.54, 1.807) is 7.05 Å². The van der Waals surface area contributed by atoms with Crippen LogP contribution in [0.2, 0.25) is 0 Å². The van der Waals surface area contributed by atoms with Gasteiger partial charge in [0.05, 0.1) is 0 Å². The number of benzene rings is 1. The van der Waals surface area contributed by atoms with E-state index in [9.17, 15) is 9.59 Å². The molecule has 1 N–H and O–H groups in total. The van der Waals surface area contributed by atoms with E-state index in [1.165, 1.54) is 4.57 Å². The van der Waals surface area contributed by atoms with Crippen LogP contribution in [0.1, 0.15) is 0 Å². The Bertz CT molecular complexity index is 999. The monoisotopic (exact) mass is 361 g/mol. The van der Waals surface area contributed by atoms with Crippen LogP contribution in [0.15, 0.2) is 38.3 Å². The Morgan fingerprint density at radius 2 is 1.91 bits per heavy atom. The van der Waals surface area contributed by atoms with Gasteiger partial charge in [-0.25, -0.2) is 4.79 Å². The Labute approximate surface area is 132 Å². The molecular formula is C14H12BrN5O2. The zero-order chi connectivity index (χ0) is 15.4. The number of H-pyrrole nitrogens is 1. The van der Waals surface area contributed by atoms with E-state index < -0.39 is 11.2 Å². The van der Waals surface area contributed by atoms with Crippen LogP contribution in [0.4, 0.5) is 11.6 Å². The fourth-order valence-corrected chi connectivity index (χ4v) is 3.07. The largest absolute Gasteiger partial charge is 0.329 e. The average molecular weight is 362 g/mol.